The number of fused-ring (bicyclic) bond motifs is 1. The Balaban J connectivity index is 1.25. The number of benzene rings is 2. The molecule has 8 nitrogen and oxygen atoms in total. The van der Waals surface area contributed by atoms with Crippen LogP contribution in [0.2, 0.25) is 5.02 Å². The van der Waals surface area contributed by atoms with Crippen LogP contribution in [-0.2, 0) is 27.1 Å². The van der Waals surface area contributed by atoms with Gasteiger partial charge in [0.1, 0.15) is 5.75 Å². The van der Waals surface area contributed by atoms with Gasteiger partial charge in [-0.2, -0.15) is 5.10 Å². The number of halogens is 1. The van der Waals surface area contributed by atoms with Crippen LogP contribution in [0, 0.1) is 6.92 Å². The molecule has 2 aromatic carbocycles. The standard InChI is InChI=1S/C25H24ClN7O/c1-16-10-20(31-33(16)3)11-18-6-9-22-23(12-18)32(2)24(30-22)27-13-17-4-7-21(8-5-17)34-25-28-14-19(26)15-29-25/h4-10,12,14-15H,11,13H2,1-3H3,(H,27,30). The summed E-state index contributed by atoms with van der Waals surface area (Å²) in [6.45, 7) is 2.70. The molecule has 0 radical (unpaired) electrons. The number of ether oxygens (including phenoxy) is 1. The molecule has 0 fully saturated rings. The maximum absolute atomic E-state index is 5.81. The van der Waals surface area contributed by atoms with Crippen LogP contribution in [0.5, 0.6) is 11.8 Å². The lowest BCUT2D eigenvalue weighted by atomic mass is 10.1. The summed E-state index contributed by atoms with van der Waals surface area (Å²) in [7, 11) is 3.99. The molecule has 0 aliphatic heterocycles. The number of hydrogen-bond acceptors (Lipinski definition) is 6. The van der Waals surface area contributed by atoms with Gasteiger partial charge in [-0.1, -0.05) is 29.8 Å². The van der Waals surface area contributed by atoms with Crippen molar-refractivity contribution >= 4 is 28.6 Å². The quantitative estimate of drug-likeness (QED) is 0.356. The smallest absolute Gasteiger partial charge is 0.321 e. The third-order valence-electron chi connectivity index (χ3n) is 5.67. The van der Waals surface area contributed by atoms with E-state index in [2.05, 4.69) is 56.1 Å². The highest BCUT2D eigenvalue weighted by Gasteiger charge is 2.10. The maximum atomic E-state index is 5.81. The van der Waals surface area contributed by atoms with Crippen molar-refractivity contribution < 1.29 is 4.74 Å². The number of imidazole rings is 1. The molecule has 3 heterocycles. The lowest BCUT2D eigenvalue weighted by molar-refractivity contribution is 0.441. The Labute approximate surface area is 202 Å². The SMILES string of the molecule is Cc1cc(Cc2ccc3nc(NCc4ccc(Oc5ncc(Cl)cn5)cc4)n(C)c3c2)nn1C. The van der Waals surface area contributed by atoms with E-state index in [1.807, 2.05) is 43.0 Å². The summed E-state index contributed by atoms with van der Waals surface area (Å²) in [6.07, 6.45) is 3.80. The first-order valence-corrected chi connectivity index (χ1v) is 11.3. The van der Waals surface area contributed by atoms with Gasteiger partial charge in [0.25, 0.3) is 0 Å². The molecule has 172 valence electrons. The monoisotopic (exact) mass is 473 g/mol. The molecule has 0 aliphatic rings. The van der Waals surface area contributed by atoms with Crippen molar-refractivity contribution in [1.82, 2.24) is 29.3 Å². The van der Waals surface area contributed by atoms with Gasteiger partial charge in [-0.15, -0.1) is 0 Å². The average Bonchev–Trinajstić information content (AvgIpc) is 3.32. The number of anilines is 1. The minimum atomic E-state index is 0.257. The zero-order chi connectivity index (χ0) is 23.7. The van der Waals surface area contributed by atoms with E-state index in [0.717, 1.165) is 40.4 Å². The number of nitrogens with zero attached hydrogens (tertiary/aromatic N) is 6. The van der Waals surface area contributed by atoms with Gasteiger partial charge >= 0.3 is 6.01 Å². The maximum Gasteiger partial charge on any atom is 0.321 e. The topological polar surface area (TPSA) is 82.7 Å². The Morgan fingerprint density at radius 1 is 0.971 bits per heavy atom. The lowest BCUT2D eigenvalue weighted by Crippen LogP contribution is -2.05. The Morgan fingerprint density at radius 2 is 1.71 bits per heavy atom. The Morgan fingerprint density at radius 3 is 2.41 bits per heavy atom. The van der Waals surface area contributed by atoms with E-state index in [9.17, 15) is 0 Å². The third-order valence-corrected chi connectivity index (χ3v) is 5.87. The van der Waals surface area contributed by atoms with Gasteiger partial charge in [0, 0.05) is 32.8 Å². The molecular weight excluding hydrogens is 450 g/mol. The molecule has 0 aliphatic carbocycles. The van der Waals surface area contributed by atoms with Crippen LogP contribution in [0.3, 0.4) is 0 Å². The summed E-state index contributed by atoms with van der Waals surface area (Å²) < 4.78 is 9.64. The molecule has 1 N–H and O–H groups in total. The number of aromatic nitrogens is 6. The number of rotatable bonds is 7. The van der Waals surface area contributed by atoms with Crippen molar-refractivity contribution in [3.8, 4) is 11.8 Å². The molecule has 0 saturated heterocycles. The summed E-state index contributed by atoms with van der Waals surface area (Å²) in [5.74, 6) is 1.47. The van der Waals surface area contributed by atoms with Crippen molar-refractivity contribution in [2.24, 2.45) is 14.1 Å². The predicted octanol–water partition coefficient (Wildman–Crippen LogP) is 5.05. The fourth-order valence-corrected chi connectivity index (χ4v) is 3.85. The van der Waals surface area contributed by atoms with Crippen molar-refractivity contribution in [2.45, 2.75) is 19.9 Å². The van der Waals surface area contributed by atoms with Gasteiger partial charge in [0.2, 0.25) is 5.95 Å². The summed E-state index contributed by atoms with van der Waals surface area (Å²) in [6, 6.07) is 16.5. The molecule has 9 heteroatoms. The highest BCUT2D eigenvalue weighted by Crippen LogP contribution is 2.23. The minimum absolute atomic E-state index is 0.257. The van der Waals surface area contributed by atoms with Crippen LogP contribution in [0.4, 0.5) is 5.95 Å². The molecule has 3 aromatic heterocycles. The molecule has 0 saturated carbocycles. The van der Waals surface area contributed by atoms with E-state index in [1.165, 1.54) is 18.0 Å². The molecule has 0 unspecified atom stereocenters. The normalized spacial score (nSPS) is 11.2. The first-order valence-electron chi connectivity index (χ1n) is 10.9. The summed E-state index contributed by atoms with van der Waals surface area (Å²) in [4.78, 5) is 12.8. The van der Waals surface area contributed by atoms with Crippen molar-refractivity contribution in [2.75, 3.05) is 5.32 Å². The summed E-state index contributed by atoms with van der Waals surface area (Å²) >= 11 is 5.81. The second kappa shape index (κ2) is 9.15. The highest BCUT2D eigenvalue weighted by atomic mass is 35.5. The average molecular weight is 474 g/mol. The van der Waals surface area contributed by atoms with E-state index >= 15 is 0 Å². The van der Waals surface area contributed by atoms with Gasteiger partial charge in [-0.3, -0.25) is 4.68 Å². The Hall–Kier alpha value is -3.91. The lowest BCUT2D eigenvalue weighted by Gasteiger charge is -2.08. The molecule has 5 rings (SSSR count). The van der Waals surface area contributed by atoms with Gasteiger partial charge in [-0.05, 0) is 48.4 Å². The number of nitrogens with one attached hydrogen (secondary N) is 1. The second-order valence-corrected chi connectivity index (χ2v) is 8.61. The first-order chi connectivity index (χ1) is 16.4. The summed E-state index contributed by atoms with van der Waals surface area (Å²) in [5.41, 5.74) is 6.57. The fourth-order valence-electron chi connectivity index (χ4n) is 3.75. The predicted molar refractivity (Wildman–Crippen MR) is 132 cm³/mol. The highest BCUT2D eigenvalue weighted by molar-refractivity contribution is 6.30. The molecule has 0 atom stereocenters. The minimum Gasteiger partial charge on any atom is -0.424 e. The number of aryl methyl sites for hydroxylation is 3. The molecule has 5 aromatic rings. The summed E-state index contributed by atoms with van der Waals surface area (Å²) in [5, 5.41) is 8.47. The van der Waals surface area contributed by atoms with E-state index in [1.54, 1.807) is 0 Å². The molecule has 34 heavy (non-hydrogen) atoms. The molecule has 0 bridgehead atoms. The Kier molecular flexibility index (Phi) is 5.90. The molecule has 0 amide bonds. The van der Waals surface area contributed by atoms with Gasteiger partial charge in [0.15, 0.2) is 0 Å². The van der Waals surface area contributed by atoms with Crippen LogP contribution in [-0.4, -0.2) is 29.3 Å². The van der Waals surface area contributed by atoms with E-state index in [4.69, 9.17) is 21.3 Å². The van der Waals surface area contributed by atoms with Gasteiger partial charge in [-0.25, -0.2) is 15.0 Å². The fraction of sp³-hybridized carbons (Fsp3) is 0.200. The van der Waals surface area contributed by atoms with Crippen LogP contribution in [0.25, 0.3) is 11.0 Å². The van der Waals surface area contributed by atoms with Crippen molar-refractivity contribution in [3.63, 3.8) is 0 Å². The van der Waals surface area contributed by atoms with Crippen LogP contribution in [0.1, 0.15) is 22.5 Å². The molecular formula is C25H24ClN7O. The van der Waals surface area contributed by atoms with Crippen LogP contribution in [0.15, 0.2) is 60.9 Å². The Bertz CT molecular complexity index is 1420. The largest absolute Gasteiger partial charge is 0.424 e. The third kappa shape index (κ3) is 4.72. The van der Waals surface area contributed by atoms with Crippen LogP contribution >= 0.6 is 11.6 Å². The van der Waals surface area contributed by atoms with Crippen molar-refractivity contribution in [3.05, 3.63) is 88.5 Å². The van der Waals surface area contributed by atoms with Crippen LogP contribution < -0.4 is 10.1 Å². The van der Waals surface area contributed by atoms with E-state index in [-0.39, 0.29) is 6.01 Å². The zero-order valence-electron chi connectivity index (χ0n) is 19.2. The zero-order valence-corrected chi connectivity index (χ0v) is 19.9. The van der Waals surface area contributed by atoms with Crippen molar-refractivity contribution in [1.29, 1.82) is 0 Å². The van der Waals surface area contributed by atoms with E-state index in [0.29, 0.717) is 17.3 Å². The van der Waals surface area contributed by atoms with Gasteiger partial charge < -0.3 is 14.6 Å². The van der Waals surface area contributed by atoms with E-state index < -0.39 is 0 Å². The molecule has 0 spiro atoms. The number of hydrogen-bond donors (Lipinski definition) is 1. The second-order valence-electron chi connectivity index (χ2n) is 8.18. The first kappa shape index (κ1) is 21.9. The van der Waals surface area contributed by atoms with Gasteiger partial charge in [0.05, 0.1) is 34.1 Å².